The molecule has 0 saturated carbocycles. The minimum atomic E-state index is -4.47. The molecule has 8 heteroatoms. The van der Waals surface area contributed by atoms with E-state index in [4.69, 9.17) is 4.18 Å². The van der Waals surface area contributed by atoms with Crippen LogP contribution in [-0.2, 0) is 20.2 Å². The minimum absolute atomic E-state index is 0.0193. The average molecular weight is 414 g/mol. The Morgan fingerprint density at radius 3 is 2.04 bits per heavy atom. The molecule has 0 aromatic heterocycles. The van der Waals surface area contributed by atoms with Gasteiger partial charge in [0.05, 0.1) is 0 Å². The molecule has 0 aliphatic carbocycles. The summed E-state index contributed by atoms with van der Waals surface area (Å²) in [7, 11) is -8.63. The lowest BCUT2D eigenvalue weighted by atomic mass is 10.1. The van der Waals surface area contributed by atoms with E-state index in [0.29, 0.717) is 0 Å². The topological polar surface area (TPSA) is 97.7 Å². The molecule has 0 amide bonds. The van der Waals surface area contributed by atoms with Gasteiger partial charge < -0.3 is 4.18 Å². The van der Waals surface area contributed by atoms with Gasteiger partial charge in [0, 0.05) is 10.8 Å². The SMILES string of the molecule is O=S(=O)(O)c1ccc(OS(=O)(=O)c2ccc3ccccc3c2)c2ccccc12. The molecule has 0 aliphatic heterocycles. The standard InChI is InChI=1S/C20H14O6S2/c21-27(22,23)20-12-11-19(17-7-3-4-8-18(17)20)26-28(24,25)16-10-9-14-5-1-2-6-15(14)13-16/h1-13H,(H,21,22,23). The second-order valence-electron chi connectivity index (χ2n) is 6.13. The van der Waals surface area contributed by atoms with Crippen LogP contribution in [0.15, 0.2) is 88.7 Å². The second kappa shape index (κ2) is 6.59. The average Bonchev–Trinajstić information content (AvgIpc) is 2.66. The van der Waals surface area contributed by atoms with Crippen molar-refractivity contribution in [1.82, 2.24) is 0 Å². The Morgan fingerprint density at radius 1 is 0.679 bits per heavy atom. The highest BCUT2D eigenvalue weighted by atomic mass is 32.2. The molecule has 6 nitrogen and oxygen atoms in total. The summed E-state index contributed by atoms with van der Waals surface area (Å²) in [6.45, 7) is 0. The van der Waals surface area contributed by atoms with E-state index in [1.54, 1.807) is 30.3 Å². The summed E-state index contributed by atoms with van der Waals surface area (Å²) >= 11 is 0. The Labute approximate surface area is 161 Å². The van der Waals surface area contributed by atoms with Crippen molar-refractivity contribution in [3.63, 3.8) is 0 Å². The van der Waals surface area contributed by atoms with Gasteiger partial charge in [-0.1, -0.05) is 54.6 Å². The van der Waals surface area contributed by atoms with Crippen LogP contribution in [0, 0.1) is 0 Å². The van der Waals surface area contributed by atoms with Gasteiger partial charge in [0.1, 0.15) is 9.79 Å². The number of hydrogen-bond acceptors (Lipinski definition) is 5. The Morgan fingerprint density at radius 2 is 1.32 bits per heavy atom. The molecular formula is C20H14O6S2. The van der Waals surface area contributed by atoms with Crippen molar-refractivity contribution in [3.8, 4) is 5.75 Å². The molecule has 1 N–H and O–H groups in total. The lowest BCUT2D eigenvalue weighted by Crippen LogP contribution is -2.10. The first-order chi connectivity index (χ1) is 13.3. The van der Waals surface area contributed by atoms with E-state index in [1.807, 2.05) is 12.1 Å². The van der Waals surface area contributed by atoms with E-state index >= 15 is 0 Å². The fraction of sp³-hybridized carbons (Fsp3) is 0. The van der Waals surface area contributed by atoms with Crippen molar-refractivity contribution in [2.45, 2.75) is 9.79 Å². The fourth-order valence-corrected chi connectivity index (χ4v) is 4.71. The van der Waals surface area contributed by atoms with E-state index in [2.05, 4.69) is 0 Å². The molecule has 0 unspecified atom stereocenters. The highest BCUT2D eigenvalue weighted by Gasteiger charge is 2.21. The van der Waals surface area contributed by atoms with E-state index in [0.717, 1.165) is 16.8 Å². The summed E-state index contributed by atoms with van der Waals surface area (Å²) in [5, 5.41) is 2.06. The number of rotatable bonds is 4. The van der Waals surface area contributed by atoms with Crippen LogP contribution in [0.25, 0.3) is 21.5 Å². The van der Waals surface area contributed by atoms with Crippen LogP contribution < -0.4 is 4.18 Å². The summed E-state index contributed by atoms with van der Waals surface area (Å²) in [5.74, 6) is -0.0313. The summed E-state index contributed by atoms with van der Waals surface area (Å²) in [6, 6.07) is 20.5. The lowest BCUT2D eigenvalue weighted by Gasteiger charge is -2.12. The van der Waals surface area contributed by atoms with Crippen LogP contribution >= 0.6 is 0 Å². The van der Waals surface area contributed by atoms with Crippen molar-refractivity contribution >= 4 is 41.8 Å². The molecule has 28 heavy (non-hydrogen) atoms. The quantitative estimate of drug-likeness (QED) is 0.400. The van der Waals surface area contributed by atoms with Gasteiger partial charge in [-0.2, -0.15) is 16.8 Å². The maximum Gasteiger partial charge on any atom is 0.339 e. The van der Waals surface area contributed by atoms with Crippen LogP contribution in [-0.4, -0.2) is 21.4 Å². The summed E-state index contributed by atoms with van der Waals surface area (Å²) in [5.41, 5.74) is 0. The highest BCUT2D eigenvalue weighted by molar-refractivity contribution is 7.87. The van der Waals surface area contributed by atoms with Gasteiger partial charge >= 0.3 is 10.1 Å². The predicted molar refractivity (Wildman–Crippen MR) is 106 cm³/mol. The van der Waals surface area contributed by atoms with Crippen LogP contribution in [0.5, 0.6) is 5.75 Å². The first-order valence-corrected chi connectivity index (χ1v) is 11.0. The van der Waals surface area contributed by atoms with E-state index in [9.17, 15) is 21.4 Å². The van der Waals surface area contributed by atoms with Gasteiger partial charge in [0.25, 0.3) is 10.1 Å². The first-order valence-electron chi connectivity index (χ1n) is 8.18. The number of hydrogen-bond donors (Lipinski definition) is 1. The third-order valence-electron chi connectivity index (χ3n) is 4.33. The molecule has 0 aliphatic rings. The van der Waals surface area contributed by atoms with Gasteiger partial charge in [-0.25, -0.2) is 0 Å². The van der Waals surface area contributed by atoms with Crippen LogP contribution in [0.3, 0.4) is 0 Å². The zero-order valence-corrected chi connectivity index (χ0v) is 15.9. The number of benzene rings is 4. The zero-order valence-electron chi connectivity index (χ0n) is 14.3. The number of fused-ring (bicyclic) bond motifs is 2. The van der Waals surface area contributed by atoms with Crippen LogP contribution in [0.2, 0.25) is 0 Å². The normalized spacial score (nSPS) is 12.3. The van der Waals surface area contributed by atoms with Crippen LogP contribution in [0.4, 0.5) is 0 Å². The summed E-state index contributed by atoms with van der Waals surface area (Å²) in [6.07, 6.45) is 0. The van der Waals surface area contributed by atoms with Gasteiger partial charge in [-0.3, -0.25) is 4.55 Å². The largest absolute Gasteiger partial charge is 0.378 e. The van der Waals surface area contributed by atoms with Crippen molar-refractivity contribution < 1.29 is 25.6 Å². The van der Waals surface area contributed by atoms with Gasteiger partial charge in [0.15, 0.2) is 5.75 Å². The second-order valence-corrected chi connectivity index (χ2v) is 9.07. The molecule has 0 spiro atoms. The Bertz CT molecular complexity index is 1420. The monoisotopic (exact) mass is 414 g/mol. The molecule has 0 radical (unpaired) electrons. The first kappa shape index (κ1) is 18.4. The molecule has 0 atom stereocenters. The third kappa shape index (κ3) is 3.33. The maximum absolute atomic E-state index is 12.8. The Kier molecular flexibility index (Phi) is 4.34. The molecule has 0 bridgehead atoms. The zero-order chi connectivity index (χ0) is 19.9. The van der Waals surface area contributed by atoms with Crippen molar-refractivity contribution in [2.75, 3.05) is 0 Å². The lowest BCUT2D eigenvalue weighted by molar-refractivity contribution is 0.484. The van der Waals surface area contributed by atoms with E-state index in [-0.39, 0.29) is 26.3 Å². The third-order valence-corrected chi connectivity index (χ3v) is 6.47. The Hall–Kier alpha value is -2.94. The van der Waals surface area contributed by atoms with Crippen molar-refractivity contribution in [1.29, 1.82) is 0 Å². The highest BCUT2D eigenvalue weighted by Crippen LogP contribution is 2.33. The smallest absolute Gasteiger partial charge is 0.339 e. The van der Waals surface area contributed by atoms with Gasteiger partial charge in [0.2, 0.25) is 0 Å². The minimum Gasteiger partial charge on any atom is -0.378 e. The van der Waals surface area contributed by atoms with Gasteiger partial charge in [-0.15, -0.1) is 0 Å². The molecule has 142 valence electrons. The molecule has 0 fully saturated rings. The molecule has 0 heterocycles. The maximum atomic E-state index is 12.8. The van der Waals surface area contributed by atoms with E-state index in [1.165, 1.54) is 30.3 Å². The molecule has 4 aromatic rings. The molecule has 4 rings (SSSR count). The Balaban J connectivity index is 1.83. The van der Waals surface area contributed by atoms with E-state index < -0.39 is 20.2 Å². The van der Waals surface area contributed by atoms with Crippen molar-refractivity contribution in [3.05, 3.63) is 78.9 Å². The fourth-order valence-electron chi connectivity index (χ4n) is 3.03. The van der Waals surface area contributed by atoms with Gasteiger partial charge in [-0.05, 0) is 35.0 Å². The molecular weight excluding hydrogens is 400 g/mol. The van der Waals surface area contributed by atoms with Crippen LogP contribution in [0.1, 0.15) is 0 Å². The summed E-state index contributed by atoms with van der Waals surface area (Å²) in [4.78, 5) is -0.340. The van der Waals surface area contributed by atoms with Crippen molar-refractivity contribution in [2.24, 2.45) is 0 Å². The molecule has 0 saturated heterocycles. The summed E-state index contributed by atoms with van der Waals surface area (Å²) < 4.78 is 63.4. The predicted octanol–water partition coefficient (Wildman–Crippen LogP) is 4.01. The molecule has 4 aromatic carbocycles.